The summed E-state index contributed by atoms with van der Waals surface area (Å²) in [5.74, 6) is 1.66. The first-order chi connectivity index (χ1) is 9.51. The highest BCUT2D eigenvalue weighted by Crippen LogP contribution is 2.29. The van der Waals surface area contributed by atoms with Crippen LogP contribution in [0, 0.1) is 6.92 Å². The molecule has 0 N–H and O–H groups in total. The minimum absolute atomic E-state index is 0.272. The van der Waals surface area contributed by atoms with Gasteiger partial charge in [-0.25, -0.2) is 4.98 Å². The normalized spacial score (nSPS) is 10.7. The summed E-state index contributed by atoms with van der Waals surface area (Å²) < 4.78 is 11.6. The number of ether oxygens (including phenoxy) is 2. The van der Waals surface area contributed by atoms with Gasteiger partial charge in [0.25, 0.3) is 0 Å². The fourth-order valence-corrected chi connectivity index (χ4v) is 2.07. The van der Waals surface area contributed by atoms with Gasteiger partial charge in [0, 0.05) is 0 Å². The number of nitrogens with zero attached hydrogens (tertiary/aromatic N) is 2. The lowest BCUT2D eigenvalue weighted by molar-refractivity contribution is 0.373. The molecule has 1 heterocycles. The Morgan fingerprint density at radius 2 is 2.00 bits per heavy atom. The molecule has 4 nitrogen and oxygen atoms in total. The second-order valence-electron chi connectivity index (χ2n) is 4.79. The minimum atomic E-state index is 0.272. The molecule has 1 aromatic heterocycles. The number of rotatable bonds is 4. The van der Waals surface area contributed by atoms with Crippen LogP contribution in [-0.4, -0.2) is 17.1 Å². The average Bonchev–Trinajstić information content (AvgIpc) is 2.43. The summed E-state index contributed by atoms with van der Waals surface area (Å²) in [5, 5.41) is 0. The molecule has 0 aliphatic rings. The molecule has 2 rings (SSSR count). The lowest BCUT2D eigenvalue weighted by Crippen LogP contribution is -1.98. The summed E-state index contributed by atoms with van der Waals surface area (Å²) >= 11 is 3.32. The average molecular weight is 337 g/mol. The molecule has 0 fully saturated rings. The van der Waals surface area contributed by atoms with Crippen LogP contribution in [0.15, 0.2) is 28.9 Å². The molecular weight excluding hydrogens is 320 g/mol. The second-order valence-corrected chi connectivity index (χ2v) is 5.65. The maximum absolute atomic E-state index is 5.77. The zero-order valence-electron chi connectivity index (χ0n) is 12.0. The van der Waals surface area contributed by atoms with Crippen molar-refractivity contribution >= 4 is 15.9 Å². The molecule has 0 radical (unpaired) electrons. The van der Waals surface area contributed by atoms with E-state index in [1.165, 1.54) is 5.56 Å². The maximum Gasteiger partial charge on any atom is 0.325 e. The van der Waals surface area contributed by atoms with Gasteiger partial charge in [0.1, 0.15) is 5.75 Å². The van der Waals surface area contributed by atoms with Gasteiger partial charge in [-0.2, -0.15) is 4.98 Å². The van der Waals surface area contributed by atoms with Crippen molar-refractivity contribution in [3.8, 4) is 17.6 Å². The highest BCUT2D eigenvalue weighted by atomic mass is 79.9. The van der Waals surface area contributed by atoms with Gasteiger partial charge >= 0.3 is 6.01 Å². The number of aryl methyl sites for hydroxylation is 1. The van der Waals surface area contributed by atoms with E-state index in [0.29, 0.717) is 16.3 Å². The Morgan fingerprint density at radius 1 is 1.25 bits per heavy atom. The predicted octanol–water partition coefficient (Wildman–Crippen LogP) is 4.47. The van der Waals surface area contributed by atoms with Gasteiger partial charge in [-0.15, -0.1) is 0 Å². The van der Waals surface area contributed by atoms with Crippen LogP contribution in [-0.2, 0) is 0 Å². The Labute approximate surface area is 127 Å². The third kappa shape index (κ3) is 3.28. The zero-order chi connectivity index (χ0) is 14.7. The number of hydrogen-bond acceptors (Lipinski definition) is 4. The minimum Gasteiger partial charge on any atom is -0.480 e. The van der Waals surface area contributed by atoms with E-state index in [9.17, 15) is 0 Å². The lowest BCUT2D eigenvalue weighted by atomic mass is 10.0. The number of methoxy groups -OCH3 is 1. The fraction of sp³-hybridized carbons (Fsp3) is 0.333. The van der Waals surface area contributed by atoms with Crippen molar-refractivity contribution in [1.82, 2.24) is 9.97 Å². The highest BCUT2D eigenvalue weighted by Gasteiger charge is 2.10. The standard InChI is InChI=1S/C15H17BrN2O2/c1-9(2)11-6-5-10(3)13(7-11)20-15-17-8-12(16)14(18-15)19-4/h5-9H,1-4H3. The monoisotopic (exact) mass is 336 g/mol. The first-order valence-electron chi connectivity index (χ1n) is 6.36. The van der Waals surface area contributed by atoms with Crippen LogP contribution >= 0.6 is 15.9 Å². The second kappa shape index (κ2) is 6.22. The fourth-order valence-electron chi connectivity index (χ4n) is 1.71. The quantitative estimate of drug-likeness (QED) is 0.826. The van der Waals surface area contributed by atoms with Crippen molar-refractivity contribution < 1.29 is 9.47 Å². The van der Waals surface area contributed by atoms with Crippen LogP contribution in [0.4, 0.5) is 0 Å². The van der Waals surface area contributed by atoms with E-state index in [-0.39, 0.29) is 6.01 Å². The SMILES string of the molecule is COc1nc(Oc2cc(C(C)C)ccc2C)ncc1Br. The Kier molecular flexibility index (Phi) is 4.60. The summed E-state index contributed by atoms with van der Waals surface area (Å²) in [4.78, 5) is 8.34. The van der Waals surface area contributed by atoms with Crippen LogP contribution in [0.25, 0.3) is 0 Å². The summed E-state index contributed by atoms with van der Waals surface area (Å²) in [5.41, 5.74) is 2.26. The van der Waals surface area contributed by atoms with E-state index in [2.05, 4.69) is 45.8 Å². The smallest absolute Gasteiger partial charge is 0.325 e. The maximum atomic E-state index is 5.77. The van der Waals surface area contributed by atoms with Crippen molar-refractivity contribution in [3.05, 3.63) is 40.0 Å². The molecule has 1 aromatic carbocycles. The molecule has 5 heteroatoms. The predicted molar refractivity (Wildman–Crippen MR) is 81.6 cm³/mol. The molecule has 0 saturated carbocycles. The molecule has 20 heavy (non-hydrogen) atoms. The van der Waals surface area contributed by atoms with Crippen molar-refractivity contribution in [3.63, 3.8) is 0 Å². The Bertz CT molecular complexity index is 615. The van der Waals surface area contributed by atoms with Crippen LogP contribution in [0.2, 0.25) is 0 Å². The Hall–Kier alpha value is -1.62. The van der Waals surface area contributed by atoms with Gasteiger partial charge in [0.2, 0.25) is 5.88 Å². The molecule has 106 valence electrons. The first-order valence-corrected chi connectivity index (χ1v) is 7.15. The van der Waals surface area contributed by atoms with Crippen LogP contribution < -0.4 is 9.47 Å². The molecule has 0 bridgehead atoms. The van der Waals surface area contributed by atoms with Gasteiger partial charge in [0.15, 0.2) is 0 Å². The largest absolute Gasteiger partial charge is 0.480 e. The molecule has 0 unspecified atom stereocenters. The number of halogens is 1. The Balaban J connectivity index is 2.32. The third-order valence-electron chi connectivity index (χ3n) is 2.96. The lowest BCUT2D eigenvalue weighted by Gasteiger charge is -2.12. The van der Waals surface area contributed by atoms with E-state index in [1.807, 2.05) is 19.1 Å². The van der Waals surface area contributed by atoms with Gasteiger partial charge in [0.05, 0.1) is 17.8 Å². The molecule has 0 spiro atoms. The number of hydrogen-bond donors (Lipinski definition) is 0. The third-order valence-corrected chi connectivity index (χ3v) is 3.51. The van der Waals surface area contributed by atoms with Crippen molar-refractivity contribution in [1.29, 1.82) is 0 Å². The topological polar surface area (TPSA) is 44.2 Å². The molecule has 0 aliphatic carbocycles. The summed E-state index contributed by atoms with van der Waals surface area (Å²) in [6, 6.07) is 6.45. The molecular formula is C15H17BrN2O2. The zero-order valence-corrected chi connectivity index (χ0v) is 13.6. The molecule has 2 aromatic rings. The summed E-state index contributed by atoms with van der Waals surface area (Å²) in [6.07, 6.45) is 1.61. The summed E-state index contributed by atoms with van der Waals surface area (Å²) in [7, 11) is 1.56. The van der Waals surface area contributed by atoms with E-state index in [0.717, 1.165) is 11.3 Å². The van der Waals surface area contributed by atoms with Gasteiger partial charge in [-0.1, -0.05) is 26.0 Å². The van der Waals surface area contributed by atoms with Crippen molar-refractivity contribution in [2.24, 2.45) is 0 Å². The number of benzene rings is 1. The number of aromatic nitrogens is 2. The van der Waals surface area contributed by atoms with E-state index < -0.39 is 0 Å². The van der Waals surface area contributed by atoms with Gasteiger partial charge in [-0.3, -0.25) is 0 Å². The molecule has 0 saturated heterocycles. The van der Waals surface area contributed by atoms with Crippen molar-refractivity contribution in [2.45, 2.75) is 26.7 Å². The van der Waals surface area contributed by atoms with E-state index in [1.54, 1.807) is 13.3 Å². The van der Waals surface area contributed by atoms with Crippen LogP contribution in [0.5, 0.6) is 17.6 Å². The van der Waals surface area contributed by atoms with E-state index >= 15 is 0 Å². The van der Waals surface area contributed by atoms with Gasteiger partial charge in [-0.05, 0) is 46.0 Å². The molecule has 0 aliphatic heterocycles. The first kappa shape index (κ1) is 14.8. The molecule has 0 atom stereocenters. The van der Waals surface area contributed by atoms with Crippen molar-refractivity contribution in [2.75, 3.05) is 7.11 Å². The van der Waals surface area contributed by atoms with Gasteiger partial charge < -0.3 is 9.47 Å². The van der Waals surface area contributed by atoms with Crippen LogP contribution in [0.3, 0.4) is 0 Å². The molecule has 0 amide bonds. The highest BCUT2D eigenvalue weighted by molar-refractivity contribution is 9.10. The summed E-state index contributed by atoms with van der Waals surface area (Å²) in [6.45, 7) is 6.29. The Morgan fingerprint density at radius 3 is 2.65 bits per heavy atom. The van der Waals surface area contributed by atoms with E-state index in [4.69, 9.17) is 9.47 Å². The van der Waals surface area contributed by atoms with Crippen LogP contribution in [0.1, 0.15) is 30.9 Å².